The number of hydrogen-bond donors (Lipinski definition) is 2. The summed E-state index contributed by atoms with van der Waals surface area (Å²) in [6.45, 7) is 7.54. The van der Waals surface area contributed by atoms with E-state index in [2.05, 4.69) is 24.5 Å². The normalized spacial score (nSPS) is 10.7. The lowest BCUT2D eigenvalue weighted by atomic mass is 10.2. The van der Waals surface area contributed by atoms with Crippen LogP contribution in [0.5, 0.6) is 5.75 Å². The molecule has 1 aromatic carbocycles. The van der Waals surface area contributed by atoms with Gasteiger partial charge in [-0.1, -0.05) is 13.8 Å². The Bertz CT molecular complexity index is 606. The molecule has 2 N–H and O–H groups in total. The van der Waals surface area contributed by atoms with Gasteiger partial charge in [-0.05, 0) is 36.8 Å². The number of rotatable bonds is 7. The highest BCUT2D eigenvalue weighted by molar-refractivity contribution is 6.04. The van der Waals surface area contributed by atoms with Gasteiger partial charge in [-0.15, -0.1) is 0 Å². The standard InChI is InChI=1S/C17H22N2O3/c1-12(2)18-7-9-22-15-4-5-16(13(3)10-15)19-17(20)14-6-8-21-11-14/h4-6,8,10-12,18H,7,9H2,1-3H3,(H,19,20). The molecule has 0 atom stereocenters. The Morgan fingerprint density at radius 3 is 2.77 bits per heavy atom. The van der Waals surface area contributed by atoms with Gasteiger partial charge < -0.3 is 19.8 Å². The maximum absolute atomic E-state index is 12.0. The van der Waals surface area contributed by atoms with Crippen LogP contribution in [0.15, 0.2) is 41.2 Å². The molecule has 0 bridgehead atoms. The zero-order chi connectivity index (χ0) is 15.9. The number of aryl methyl sites for hydroxylation is 1. The quantitative estimate of drug-likeness (QED) is 0.771. The van der Waals surface area contributed by atoms with E-state index >= 15 is 0 Å². The first-order valence-corrected chi connectivity index (χ1v) is 7.36. The van der Waals surface area contributed by atoms with E-state index in [9.17, 15) is 4.79 Å². The molecular formula is C17H22N2O3. The molecular weight excluding hydrogens is 280 g/mol. The summed E-state index contributed by atoms with van der Waals surface area (Å²) in [6.07, 6.45) is 2.90. The van der Waals surface area contributed by atoms with Crippen LogP contribution in [-0.2, 0) is 0 Å². The van der Waals surface area contributed by atoms with Gasteiger partial charge in [0.05, 0.1) is 11.8 Å². The zero-order valence-corrected chi connectivity index (χ0v) is 13.2. The van der Waals surface area contributed by atoms with Crippen LogP contribution >= 0.6 is 0 Å². The maximum Gasteiger partial charge on any atom is 0.258 e. The van der Waals surface area contributed by atoms with Gasteiger partial charge in [-0.3, -0.25) is 4.79 Å². The van der Waals surface area contributed by atoms with Crippen LogP contribution < -0.4 is 15.4 Å². The van der Waals surface area contributed by atoms with Crippen molar-refractivity contribution in [2.75, 3.05) is 18.5 Å². The molecule has 22 heavy (non-hydrogen) atoms. The third kappa shape index (κ3) is 4.63. The number of hydrogen-bond acceptors (Lipinski definition) is 4. The van der Waals surface area contributed by atoms with Gasteiger partial charge in [0.2, 0.25) is 0 Å². The van der Waals surface area contributed by atoms with Crippen LogP contribution in [0.25, 0.3) is 0 Å². The Morgan fingerprint density at radius 1 is 1.32 bits per heavy atom. The van der Waals surface area contributed by atoms with Gasteiger partial charge in [0, 0.05) is 18.3 Å². The summed E-state index contributed by atoms with van der Waals surface area (Å²) >= 11 is 0. The lowest BCUT2D eigenvalue weighted by Gasteiger charge is -2.12. The van der Waals surface area contributed by atoms with E-state index in [1.807, 2.05) is 25.1 Å². The second kappa shape index (κ2) is 7.66. The summed E-state index contributed by atoms with van der Waals surface area (Å²) in [6, 6.07) is 7.70. The van der Waals surface area contributed by atoms with E-state index in [4.69, 9.17) is 9.15 Å². The third-order valence-corrected chi connectivity index (χ3v) is 3.15. The van der Waals surface area contributed by atoms with E-state index in [0.717, 1.165) is 23.5 Å². The smallest absolute Gasteiger partial charge is 0.258 e. The molecule has 0 saturated heterocycles. The van der Waals surface area contributed by atoms with E-state index in [0.29, 0.717) is 18.2 Å². The number of carbonyl (C=O) groups is 1. The molecule has 0 spiro atoms. The monoisotopic (exact) mass is 302 g/mol. The molecule has 5 nitrogen and oxygen atoms in total. The van der Waals surface area contributed by atoms with Crippen molar-refractivity contribution >= 4 is 11.6 Å². The first-order valence-electron chi connectivity index (χ1n) is 7.36. The summed E-state index contributed by atoms with van der Waals surface area (Å²) in [4.78, 5) is 12.0. The van der Waals surface area contributed by atoms with E-state index < -0.39 is 0 Å². The zero-order valence-electron chi connectivity index (χ0n) is 13.2. The first kappa shape index (κ1) is 16.1. The lowest BCUT2D eigenvalue weighted by molar-refractivity contribution is 0.102. The Balaban J connectivity index is 1.90. The Hall–Kier alpha value is -2.27. The van der Waals surface area contributed by atoms with Gasteiger partial charge >= 0.3 is 0 Å². The Kier molecular flexibility index (Phi) is 5.61. The molecule has 2 aromatic rings. The molecule has 1 heterocycles. The van der Waals surface area contributed by atoms with Crippen LogP contribution in [0.3, 0.4) is 0 Å². The molecule has 0 aliphatic heterocycles. The van der Waals surface area contributed by atoms with Crippen LogP contribution in [0.1, 0.15) is 29.8 Å². The van der Waals surface area contributed by atoms with E-state index in [1.165, 1.54) is 12.5 Å². The molecule has 0 saturated carbocycles. The number of furan rings is 1. The third-order valence-electron chi connectivity index (χ3n) is 3.15. The van der Waals surface area contributed by atoms with Crippen molar-refractivity contribution in [2.45, 2.75) is 26.8 Å². The highest BCUT2D eigenvalue weighted by atomic mass is 16.5. The summed E-state index contributed by atoms with van der Waals surface area (Å²) in [5.41, 5.74) is 2.21. The second-order valence-corrected chi connectivity index (χ2v) is 5.40. The Labute approximate surface area is 130 Å². The van der Waals surface area contributed by atoms with Crippen molar-refractivity contribution in [3.8, 4) is 5.75 Å². The molecule has 0 radical (unpaired) electrons. The minimum atomic E-state index is -0.188. The van der Waals surface area contributed by atoms with Crippen molar-refractivity contribution in [3.05, 3.63) is 47.9 Å². The molecule has 1 amide bonds. The van der Waals surface area contributed by atoms with Crippen molar-refractivity contribution in [2.24, 2.45) is 0 Å². The molecule has 2 rings (SSSR count). The molecule has 118 valence electrons. The fraction of sp³-hybridized carbons (Fsp3) is 0.353. The SMILES string of the molecule is Cc1cc(OCCNC(C)C)ccc1NC(=O)c1ccoc1. The minimum absolute atomic E-state index is 0.188. The molecule has 1 aromatic heterocycles. The Morgan fingerprint density at radius 2 is 2.14 bits per heavy atom. The minimum Gasteiger partial charge on any atom is -0.492 e. The number of amides is 1. The van der Waals surface area contributed by atoms with Gasteiger partial charge in [-0.25, -0.2) is 0 Å². The molecule has 0 aliphatic carbocycles. The van der Waals surface area contributed by atoms with E-state index in [1.54, 1.807) is 6.07 Å². The average Bonchev–Trinajstić information content (AvgIpc) is 3.00. The number of ether oxygens (including phenoxy) is 1. The predicted octanol–water partition coefficient (Wildman–Crippen LogP) is 3.22. The molecule has 0 aliphatic rings. The number of anilines is 1. The summed E-state index contributed by atoms with van der Waals surface area (Å²) in [7, 11) is 0. The van der Waals surface area contributed by atoms with Gasteiger partial charge in [-0.2, -0.15) is 0 Å². The lowest BCUT2D eigenvalue weighted by Crippen LogP contribution is -2.27. The number of nitrogens with one attached hydrogen (secondary N) is 2. The summed E-state index contributed by atoms with van der Waals surface area (Å²) in [5.74, 6) is 0.607. The molecule has 5 heteroatoms. The number of carbonyl (C=O) groups excluding carboxylic acids is 1. The summed E-state index contributed by atoms with van der Waals surface area (Å²) in [5, 5.41) is 6.15. The van der Waals surface area contributed by atoms with E-state index in [-0.39, 0.29) is 5.91 Å². The van der Waals surface area contributed by atoms with Crippen LogP contribution in [0.2, 0.25) is 0 Å². The predicted molar refractivity (Wildman–Crippen MR) is 86.5 cm³/mol. The maximum atomic E-state index is 12.0. The van der Waals surface area contributed by atoms with Crippen LogP contribution in [0.4, 0.5) is 5.69 Å². The highest BCUT2D eigenvalue weighted by Gasteiger charge is 2.09. The van der Waals surface area contributed by atoms with Crippen molar-refractivity contribution in [1.29, 1.82) is 0 Å². The van der Waals surface area contributed by atoms with Crippen molar-refractivity contribution < 1.29 is 13.9 Å². The van der Waals surface area contributed by atoms with Crippen molar-refractivity contribution in [1.82, 2.24) is 5.32 Å². The largest absolute Gasteiger partial charge is 0.492 e. The van der Waals surface area contributed by atoms with Crippen LogP contribution in [0, 0.1) is 6.92 Å². The average molecular weight is 302 g/mol. The fourth-order valence-electron chi connectivity index (χ4n) is 1.97. The second-order valence-electron chi connectivity index (χ2n) is 5.40. The highest BCUT2D eigenvalue weighted by Crippen LogP contribution is 2.22. The molecule has 0 unspecified atom stereocenters. The summed E-state index contributed by atoms with van der Waals surface area (Å²) < 4.78 is 10.6. The molecule has 0 fully saturated rings. The topological polar surface area (TPSA) is 63.5 Å². The number of benzene rings is 1. The van der Waals surface area contributed by atoms with Crippen LogP contribution in [-0.4, -0.2) is 25.1 Å². The van der Waals surface area contributed by atoms with Gasteiger partial charge in [0.1, 0.15) is 18.6 Å². The van der Waals surface area contributed by atoms with Gasteiger partial charge in [0.15, 0.2) is 0 Å². The fourth-order valence-corrected chi connectivity index (χ4v) is 1.97. The first-order chi connectivity index (χ1) is 10.6. The van der Waals surface area contributed by atoms with Gasteiger partial charge in [0.25, 0.3) is 5.91 Å². The van der Waals surface area contributed by atoms with Crippen molar-refractivity contribution in [3.63, 3.8) is 0 Å².